The second-order valence-electron chi connectivity index (χ2n) is 4.82. The first-order chi connectivity index (χ1) is 9.25. The van der Waals surface area contributed by atoms with Gasteiger partial charge in [0.1, 0.15) is 0 Å². The lowest BCUT2D eigenvalue weighted by atomic mass is 10.2. The second kappa shape index (κ2) is 5.26. The highest BCUT2D eigenvalue weighted by Gasteiger charge is 2.15. The SMILES string of the molecule is Cc1cc2cc(NC(=O)CN(C)S(C)(=O)=O)ccc2[nH]1. The number of nitrogens with zero attached hydrogens (tertiary/aromatic N) is 1. The number of aromatic amines is 1. The van der Waals surface area contributed by atoms with Crippen LogP contribution in [0, 0.1) is 6.92 Å². The summed E-state index contributed by atoms with van der Waals surface area (Å²) in [6, 6.07) is 7.47. The molecule has 7 heteroatoms. The predicted molar refractivity (Wildman–Crippen MR) is 79.1 cm³/mol. The molecule has 0 aliphatic rings. The first-order valence-electron chi connectivity index (χ1n) is 6.06. The topological polar surface area (TPSA) is 82.3 Å². The number of aryl methyl sites for hydroxylation is 1. The number of hydrogen-bond acceptors (Lipinski definition) is 3. The zero-order valence-corrected chi connectivity index (χ0v) is 12.4. The Kier molecular flexibility index (Phi) is 3.82. The molecule has 0 radical (unpaired) electrons. The minimum absolute atomic E-state index is 0.205. The van der Waals surface area contributed by atoms with E-state index in [4.69, 9.17) is 0 Å². The summed E-state index contributed by atoms with van der Waals surface area (Å²) in [5, 5.41) is 3.68. The largest absolute Gasteiger partial charge is 0.359 e. The third kappa shape index (κ3) is 3.37. The van der Waals surface area contributed by atoms with Gasteiger partial charge in [-0.25, -0.2) is 8.42 Å². The van der Waals surface area contributed by atoms with Crippen molar-refractivity contribution >= 4 is 32.5 Å². The maximum atomic E-state index is 11.8. The van der Waals surface area contributed by atoms with Crippen molar-refractivity contribution in [3.8, 4) is 0 Å². The number of carbonyl (C=O) groups excluding carboxylic acids is 1. The molecule has 2 N–H and O–H groups in total. The molecule has 1 aromatic carbocycles. The Morgan fingerprint density at radius 3 is 2.70 bits per heavy atom. The third-order valence-corrected chi connectivity index (χ3v) is 4.23. The van der Waals surface area contributed by atoms with Gasteiger partial charge in [0, 0.05) is 29.3 Å². The van der Waals surface area contributed by atoms with Crippen molar-refractivity contribution in [1.29, 1.82) is 0 Å². The number of aromatic nitrogens is 1. The molecule has 2 rings (SSSR count). The maximum absolute atomic E-state index is 11.8. The third-order valence-electron chi connectivity index (χ3n) is 2.97. The number of likely N-dealkylation sites (N-methyl/N-ethyl adjacent to an activating group) is 1. The Labute approximate surface area is 117 Å². The van der Waals surface area contributed by atoms with Gasteiger partial charge < -0.3 is 10.3 Å². The monoisotopic (exact) mass is 295 g/mol. The van der Waals surface area contributed by atoms with Gasteiger partial charge in [-0.1, -0.05) is 0 Å². The Morgan fingerprint density at radius 2 is 2.05 bits per heavy atom. The lowest BCUT2D eigenvalue weighted by molar-refractivity contribution is -0.116. The van der Waals surface area contributed by atoms with E-state index >= 15 is 0 Å². The first kappa shape index (κ1) is 14.5. The van der Waals surface area contributed by atoms with Gasteiger partial charge in [-0.05, 0) is 31.2 Å². The van der Waals surface area contributed by atoms with E-state index in [1.54, 1.807) is 6.07 Å². The molecule has 0 spiro atoms. The van der Waals surface area contributed by atoms with Gasteiger partial charge in [0.25, 0.3) is 0 Å². The van der Waals surface area contributed by atoms with Crippen molar-refractivity contribution in [2.45, 2.75) is 6.92 Å². The molecule has 1 heterocycles. The standard InChI is InChI=1S/C13H17N3O3S/c1-9-6-10-7-11(4-5-12(10)14-9)15-13(17)8-16(2)20(3,18)19/h4-7,14H,8H2,1-3H3,(H,15,17). The number of nitrogens with one attached hydrogen (secondary N) is 2. The molecule has 2 aromatic rings. The van der Waals surface area contributed by atoms with Gasteiger partial charge in [-0.3, -0.25) is 4.79 Å². The van der Waals surface area contributed by atoms with E-state index in [9.17, 15) is 13.2 Å². The van der Waals surface area contributed by atoms with Crippen LogP contribution in [0.4, 0.5) is 5.69 Å². The number of sulfonamides is 1. The van der Waals surface area contributed by atoms with Crippen molar-refractivity contribution < 1.29 is 13.2 Å². The number of rotatable bonds is 4. The zero-order chi connectivity index (χ0) is 14.9. The lowest BCUT2D eigenvalue weighted by Crippen LogP contribution is -2.34. The Hall–Kier alpha value is -1.86. The molecule has 0 atom stereocenters. The van der Waals surface area contributed by atoms with Crippen LogP contribution >= 0.6 is 0 Å². The van der Waals surface area contributed by atoms with E-state index in [1.165, 1.54) is 7.05 Å². The summed E-state index contributed by atoms with van der Waals surface area (Å²) in [6.45, 7) is 1.75. The normalized spacial score (nSPS) is 12.0. The van der Waals surface area contributed by atoms with Crippen LogP contribution in [0.25, 0.3) is 10.9 Å². The van der Waals surface area contributed by atoms with Crippen LogP contribution in [0.2, 0.25) is 0 Å². The van der Waals surface area contributed by atoms with Crippen LogP contribution < -0.4 is 5.32 Å². The molecule has 6 nitrogen and oxygen atoms in total. The number of anilines is 1. The van der Waals surface area contributed by atoms with E-state index in [2.05, 4.69) is 10.3 Å². The van der Waals surface area contributed by atoms with Crippen molar-refractivity contribution in [2.75, 3.05) is 25.2 Å². The summed E-state index contributed by atoms with van der Waals surface area (Å²) >= 11 is 0. The highest BCUT2D eigenvalue weighted by molar-refractivity contribution is 7.88. The van der Waals surface area contributed by atoms with Crippen LogP contribution in [0.15, 0.2) is 24.3 Å². The molecule has 0 aliphatic carbocycles. The Bertz CT molecular complexity index is 749. The van der Waals surface area contributed by atoms with Crippen LogP contribution in [-0.2, 0) is 14.8 Å². The van der Waals surface area contributed by atoms with E-state index in [1.807, 2.05) is 25.1 Å². The van der Waals surface area contributed by atoms with Crippen LogP contribution in [0.1, 0.15) is 5.69 Å². The summed E-state index contributed by atoms with van der Waals surface area (Å²) < 4.78 is 23.5. The van der Waals surface area contributed by atoms with Crippen molar-refractivity contribution in [3.05, 3.63) is 30.0 Å². The van der Waals surface area contributed by atoms with Crippen LogP contribution in [0.3, 0.4) is 0 Å². The lowest BCUT2D eigenvalue weighted by Gasteiger charge is -2.13. The van der Waals surface area contributed by atoms with Crippen LogP contribution in [-0.4, -0.2) is 43.5 Å². The van der Waals surface area contributed by atoms with Gasteiger partial charge in [-0.2, -0.15) is 4.31 Å². The van der Waals surface area contributed by atoms with Gasteiger partial charge in [-0.15, -0.1) is 0 Å². The smallest absolute Gasteiger partial charge is 0.239 e. The molecule has 1 aromatic heterocycles. The van der Waals surface area contributed by atoms with Crippen LogP contribution in [0.5, 0.6) is 0 Å². The van der Waals surface area contributed by atoms with Gasteiger partial charge in [0.2, 0.25) is 15.9 Å². The quantitative estimate of drug-likeness (QED) is 0.892. The number of carbonyl (C=O) groups is 1. The number of hydrogen-bond donors (Lipinski definition) is 2. The summed E-state index contributed by atoms with van der Waals surface area (Å²) in [6.07, 6.45) is 1.06. The van der Waals surface area contributed by atoms with E-state index < -0.39 is 10.0 Å². The summed E-state index contributed by atoms with van der Waals surface area (Å²) in [7, 11) is -1.99. The fourth-order valence-electron chi connectivity index (χ4n) is 1.88. The number of benzene rings is 1. The molecule has 0 saturated heterocycles. The predicted octanol–water partition coefficient (Wildman–Crippen LogP) is 1.31. The zero-order valence-electron chi connectivity index (χ0n) is 11.6. The van der Waals surface area contributed by atoms with Gasteiger partial charge in [0.05, 0.1) is 12.8 Å². The maximum Gasteiger partial charge on any atom is 0.239 e. The van der Waals surface area contributed by atoms with Crippen molar-refractivity contribution in [1.82, 2.24) is 9.29 Å². The summed E-state index contributed by atoms with van der Waals surface area (Å²) in [4.78, 5) is 15.0. The van der Waals surface area contributed by atoms with E-state index in [0.717, 1.165) is 27.2 Å². The van der Waals surface area contributed by atoms with E-state index in [-0.39, 0.29) is 12.5 Å². The fraction of sp³-hybridized carbons (Fsp3) is 0.308. The minimum atomic E-state index is -3.35. The molecule has 0 fully saturated rings. The Morgan fingerprint density at radius 1 is 1.35 bits per heavy atom. The molecule has 0 bridgehead atoms. The number of H-pyrrole nitrogens is 1. The average Bonchev–Trinajstić information content (AvgIpc) is 2.66. The number of amides is 1. The van der Waals surface area contributed by atoms with E-state index in [0.29, 0.717) is 5.69 Å². The molecule has 1 amide bonds. The molecular formula is C13H17N3O3S. The molecule has 0 aliphatic heterocycles. The summed E-state index contributed by atoms with van der Waals surface area (Å²) in [5.41, 5.74) is 2.68. The Balaban J connectivity index is 2.09. The minimum Gasteiger partial charge on any atom is -0.359 e. The average molecular weight is 295 g/mol. The molecule has 20 heavy (non-hydrogen) atoms. The van der Waals surface area contributed by atoms with Gasteiger partial charge in [0.15, 0.2) is 0 Å². The molecule has 108 valence electrons. The molecule has 0 saturated carbocycles. The fourth-order valence-corrected chi connectivity index (χ4v) is 2.23. The number of fused-ring (bicyclic) bond motifs is 1. The highest BCUT2D eigenvalue weighted by atomic mass is 32.2. The molecular weight excluding hydrogens is 278 g/mol. The first-order valence-corrected chi connectivity index (χ1v) is 7.91. The second-order valence-corrected chi connectivity index (χ2v) is 6.91. The summed E-state index contributed by atoms with van der Waals surface area (Å²) in [5.74, 6) is -0.371. The molecule has 0 unspecified atom stereocenters. The van der Waals surface area contributed by atoms with Crippen molar-refractivity contribution in [3.63, 3.8) is 0 Å². The highest BCUT2D eigenvalue weighted by Crippen LogP contribution is 2.19. The van der Waals surface area contributed by atoms with Gasteiger partial charge >= 0.3 is 0 Å². The van der Waals surface area contributed by atoms with Crippen molar-refractivity contribution in [2.24, 2.45) is 0 Å².